The lowest BCUT2D eigenvalue weighted by Gasteiger charge is -2.24. The highest BCUT2D eigenvalue weighted by Gasteiger charge is 2.28. The molecule has 4 heterocycles. The number of hydrogen-bond acceptors (Lipinski definition) is 7. The molecule has 9 nitrogen and oxygen atoms in total. The number of pyridine rings is 2. The Labute approximate surface area is 197 Å². The summed E-state index contributed by atoms with van der Waals surface area (Å²) in [6.07, 6.45) is 6.23. The van der Waals surface area contributed by atoms with Crippen molar-refractivity contribution >= 4 is 16.8 Å². The molecule has 3 aromatic heterocycles. The molecule has 34 heavy (non-hydrogen) atoms. The van der Waals surface area contributed by atoms with Crippen LogP contribution in [0, 0.1) is 0 Å². The monoisotopic (exact) mass is 458 g/mol. The summed E-state index contributed by atoms with van der Waals surface area (Å²) < 4.78 is 5.92. The highest BCUT2D eigenvalue weighted by atomic mass is 16.5. The number of aromatic amines is 1. The fraction of sp³-hybridized carbons (Fsp3) is 0.280. The van der Waals surface area contributed by atoms with Crippen LogP contribution in [0.4, 0.5) is 0 Å². The van der Waals surface area contributed by atoms with Gasteiger partial charge in [-0.2, -0.15) is 5.10 Å². The minimum Gasteiger partial charge on any atom is -0.439 e. The molecule has 0 radical (unpaired) electrons. The Kier molecular flexibility index (Phi) is 6.20. The molecule has 0 bridgehead atoms. The lowest BCUT2D eigenvalue weighted by molar-refractivity contribution is -0.133. The highest BCUT2D eigenvalue weighted by molar-refractivity contribution is 5.80. The average Bonchev–Trinajstić information content (AvgIpc) is 3.57. The number of amides is 1. The zero-order valence-corrected chi connectivity index (χ0v) is 18.9. The molecule has 9 heteroatoms. The van der Waals surface area contributed by atoms with Gasteiger partial charge in [-0.25, -0.2) is 4.98 Å². The summed E-state index contributed by atoms with van der Waals surface area (Å²) in [5, 5.41) is 17.0. The third-order valence-electron chi connectivity index (χ3n) is 6.19. The molecule has 5 rings (SSSR count). The normalized spacial score (nSPS) is 15.9. The Bertz CT molecular complexity index is 1280. The first-order chi connectivity index (χ1) is 16.6. The maximum atomic E-state index is 11.7. The summed E-state index contributed by atoms with van der Waals surface area (Å²) in [6, 6.07) is 13.9. The quantitative estimate of drug-likeness (QED) is 0.438. The van der Waals surface area contributed by atoms with Crippen molar-refractivity contribution in [2.75, 3.05) is 26.7 Å². The van der Waals surface area contributed by atoms with Crippen molar-refractivity contribution < 1.29 is 14.6 Å². The van der Waals surface area contributed by atoms with Crippen LogP contribution in [-0.4, -0.2) is 73.8 Å². The summed E-state index contributed by atoms with van der Waals surface area (Å²) in [5.41, 5.74) is 3.79. The smallest absolute Gasteiger partial charge is 0.248 e. The number of hydrogen-bond donors (Lipinski definition) is 2. The molecule has 174 valence electrons. The van der Waals surface area contributed by atoms with E-state index in [9.17, 15) is 4.79 Å². The van der Waals surface area contributed by atoms with Crippen molar-refractivity contribution in [1.82, 2.24) is 30.0 Å². The van der Waals surface area contributed by atoms with Crippen LogP contribution in [0.1, 0.15) is 12.0 Å². The molecular formula is C25H26N6O3. The van der Waals surface area contributed by atoms with Crippen molar-refractivity contribution in [2.45, 2.75) is 19.0 Å². The van der Waals surface area contributed by atoms with E-state index >= 15 is 0 Å². The lowest BCUT2D eigenvalue weighted by Crippen LogP contribution is -2.37. The van der Waals surface area contributed by atoms with E-state index in [4.69, 9.17) is 9.84 Å². The van der Waals surface area contributed by atoms with Crippen LogP contribution in [0.2, 0.25) is 0 Å². The van der Waals surface area contributed by atoms with E-state index < -0.39 is 6.61 Å². The van der Waals surface area contributed by atoms with Crippen molar-refractivity contribution in [3.8, 4) is 22.9 Å². The molecule has 0 saturated carbocycles. The van der Waals surface area contributed by atoms with Gasteiger partial charge in [0.15, 0.2) is 0 Å². The van der Waals surface area contributed by atoms with Gasteiger partial charge in [0.2, 0.25) is 11.8 Å². The predicted octanol–water partition coefficient (Wildman–Crippen LogP) is 2.84. The Morgan fingerprint density at radius 2 is 2.12 bits per heavy atom. The fourth-order valence-corrected chi connectivity index (χ4v) is 4.28. The number of aromatic nitrogens is 4. The molecule has 4 aromatic rings. The standard InChI is InChI=1S/C25H26N6O3/c1-30(20-7-9-31(15-20)25(33)16-32)14-17-10-18-2-4-21(11-23(18)26-12-17)34-24-5-3-19(13-27-24)22-6-8-28-29-22/h2-6,8,10-13,20,32H,7,9,14-16H2,1H3,(H,28,29)/t20-/m0/s1. The molecule has 1 saturated heterocycles. The van der Waals surface area contributed by atoms with Gasteiger partial charge in [0.05, 0.1) is 11.2 Å². The maximum absolute atomic E-state index is 11.7. The first-order valence-electron chi connectivity index (χ1n) is 11.2. The summed E-state index contributed by atoms with van der Waals surface area (Å²) >= 11 is 0. The van der Waals surface area contributed by atoms with Gasteiger partial charge in [0, 0.05) is 67.3 Å². The zero-order chi connectivity index (χ0) is 23.5. The van der Waals surface area contributed by atoms with Gasteiger partial charge in [-0.1, -0.05) is 0 Å². The van der Waals surface area contributed by atoms with Gasteiger partial charge < -0.3 is 14.7 Å². The Morgan fingerprint density at radius 3 is 2.88 bits per heavy atom. The molecule has 0 spiro atoms. The number of H-pyrrole nitrogens is 1. The van der Waals surface area contributed by atoms with Gasteiger partial charge in [-0.15, -0.1) is 0 Å². The second-order valence-electron chi connectivity index (χ2n) is 8.51. The highest BCUT2D eigenvalue weighted by Crippen LogP contribution is 2.26. The molecule has 0 unspecified atom stereocenters. The minimum absolute atomic E-state index is 0.203. The number of nitrogens with zero attached hydrogens (tertiary/aromatic N) is 5. The molecule has 0 aliphatic carbocycles. The van der Waals surface area contributed by atoms with Crippen molar-refractivity contribution in [2.24, 2.45) is 0 Å². The summed E-state index contributed by atoms with van der Waals surface area (Å²) in [4.78, 5) is 24.7. The van der Waals surface area contributed by atoms with Crippen molar-refractivity contribution in [3.05, 3.63) is 66.6 Å². The number of likely N-dealkylation sites (tertiary alicyclic amines) is 1. The number of carbonyl (C=O) groups excluding carboxylic acids is 1. The van der Waals surface area contributed by atoms with Crippen molar-refractivity contribution in [1.29, 1.82) is 0 Å². The Morgan fingerprint density at radius 1 is 1.21 bits per heavy atom. The summed E-state index contributed by atoms with van der Waals surface area (Å²) in [7, 11) is 2.06. The Hall–Kier alpha value is -3.82. The third-order valence-corrected chi connectivity index (χ3v) is 6.19. The van der Waals surface area contributed by atoms with Crippen LogP contribution in [-0.2, 0) is 11.3 Å². The first-order valence-corrected chi connectivity index (χ1v) is 11.2. The topological polar surface area (TPSA) is 107 Å². The molecule has 1 aromatic carbocycles. The Balaban J connectivity index is 1.23. The molecule has 1 aliphatic rings. The molecule has 1 aliphatic heterocycles. The zero-order valence-electron chi connectivity index (χ0n) is 18.9. The lowest BCUT2D eigenvalue weighted by atomic mass is 10.1. The SMILES string of the molecule is CN(Cc1cnc2cc(Oc3ccc(-c4ccn[nH]4)cn3)ccc2c1)[C@H]1CCN(C(=O)CO)C1. The maximum Gasteiger partial charge on any atom is 0.248 e. The first kappa shape index (κ1) is 22.0. The van der Waals surface area contributed by atoms with Crippen LogP contribution >= 0.6 is 0 Å². The summed E-state index contributed by atoms with van der Waals surface area (Å²) in [5.74, 6) is 0.975. The third kappa shape index (κ3) is 4.75. The van der Waals surface area contributed by atoms with Gasteiger partial charge in [-0.3, -0.25) is 19.8 Å². The number of nitrogens with one attached hydrogen (secondary N) is 1. The van der Waals surface area contributed by atoms with Crippen LogP contribution in [0.25, 0.3) is 22.2 Å². The fourth-order valence-electron chi connectivity index (χ4n) is 4.28. The van der Waals surface area contributed by atoms with E-state index in [1.165, 1.54) is 0 Å². The second kappa shape index (κ2) is 9.58. The van der Waals surface area contributed by atoms with E-state index in [-0.39, 0.29) is 11.9 Å². The van der Waals surface area contributed by atoms with Gasteiger partial charge >= 0.3 is 0 Å². The van der Waals surface area contributed by atoms with E-state index in [0.717, 1.165) is 40.7 Å². The predicted molar refractivity (Wildman–Crippen MR) is 127 cm³/mol. The minimum atomic E-state index is -0.427. The molecule has 2 N–H and O–H groups in total. The number of benzene rings is 1. The van der Waals surface area contributed by atoms with Crippen LogP contribution in [0.5, 0.6) is 11.6 Å². The number of carbonyl (C=O) groups is 1. The van der Waals surface area contributed by atoms with Crippen LogP contribution in [0.15, 0.2) is 61.1 Å². The molecular weight excluding hydrogens is 432 g/mol. The summed E-state index contributed by atoms with van der Waals surface area (Å²) in [6.45, 7) is 1.64. The molecule has 1 fully saturated rings. The van der Waals surface area contributed by atoms with Gasteiger partial charge in [0.25, 0.3) is 0 Å². The average molecular weight is 459 g/mol. The number of aliphatic hydroxyl groups is 1. The van der Waals surface area contributed by atoms with E-state index in [0.29, 0.717) is 24.7 Å². The number of likely N-dealkylation sites (N-methyl/N-ethyl adjacent to an activating group) is 1. The van der Waals surface area contributed by atoms with Crippen molar-refractivity contribution in [3.63, 3.8) is 0 Å². The van der Waals surface area contributed by atoms with Crippen LogP contribution < -0.4 is 4.74 Å². The van der Waals surface area contributed by atoms with E-state index in [2.05, 4.69) is 38.2 Å². The van der Waals surface area contributed by atoms with E-state index in [1.807, 2.05) is 42.6 Å². The van der Waals surface area contributed by atoms with E-state index in [1.54, 1.807) is 17.3 Å². The van der Waals surface area contributed by atoms with Crippen LogP contribution in [0.3, 0.4) is 0 Å². The molecule has 1 amide bonds. The molecule has 1 atom stereocenters. The number of fused-ring (bicyclic) bond motifs is 1. The number of ether oxygens (including phenoxy) is 1. The largest absolute Gasteiger partial charge is 0.439 e. The van der Waals surface area contributed by atoms with Gasteiger partial charge in [-0.05, 0) is 49.4 Å². The second-order valence-corrected chi connectivity index (χ2v) is 8.51. The number of aliphatic hydroxyl groups excluding tert-OH is 1. The van der Waals surface area contributed by atoms with Gasteiger partial charge in [0.1, 0.15) is 12.4 Å². The number of rotatable bonds is 7.